The molecule has 0 unspecified atom stereocenters. The lowest BCUT2D eigenvalue weighted by molar-refractivity contribution is 0.102. The smallest absolute Gasteiger partial charge is 0.178 e. The maximum absolute atomic E-state index is 11.6. The lowest BCUT2D eigenvalue weighted by Crippen LogP contribution is -2.15. The molecule has 0 radical (unpaired) electrons. The summed E-state index contributed by atoms with van der Waals surface area (Å²) >= 11 is 5.83. The van der Waals surface area contributed by atoms with Crippen molar-refractivity contribution in [2.45, 2.75) is 6.92 Å². The molecule has 3 nitrogen and oxygen atoms in total. The number of ketones is 1. The first-order chi connectivity index (χ1) is 6.81. The molecular formula is C10H11ClO3S. The zero-order valence-electron chi connectivity index (χ0n) is 8.45. The number of carbonyl (C=O) groups is 1. The van der Waals surface area contributed by atoms with Gasteiger partial charge in [0, 0.05) is 16.8 Å². The van der Waals surface area contributed by atoms with Crippen molar-refractivity contribution in [2.24, 2.45) is 0 Å². The molecule has 0 aliphatic rings. The largest absolute Gasteiger partial charge is 0.293 e. The fraction of sp³-hybridized carbons (Fsp3) is 0.300. The first-order valence-corrected chi connectivity index (χ1v) is 6.71. The summed E-state index contributed by atoms with van der Waals surface area (Å²) in [7, 11) is -3.29. The van der Waals surface area contributed by atoms with Crippen LogP contribution in [0.4, 0.5) is 0 Å². The third-order valence-corrected chi connectivity index (χ3v) is 3.16. The normalized spacial score (nSPS) is 11.4. The van der Waals surface area contributed by atoms with Gasteiger partial charge in [-0.15, -0.1) is 0 Å². The van der Waals surface area contributed by atoms with E-state index in [2.05, 4.69) is 0 Å². The molecule has 1 aromatic rings. The third-order valence-electron chi connectivity index (χ3n) is 1.96. The summed E-state index contributed by atoms with van der Waals surface area (Å²) in [4.78, 5) is 11.6. The standard InChI is InChI=1S/C10H11ClO3S/c1-7-8(4-3-5-9(7)11)10(12)6-15(2,13)14/h3-5H,6H2,1-2H3. The molecule has 0 aliphatic heterocycles. The third kappa shape index (κ3) is 3.32. The number of rotatable bonds is 3. The molecule has 0 aromatic heterocycles. The summed E-state index contributed by atoms with van der Waals surface area (Å²) in [5, 5.41) is 0.467. The molecule has 0 atom stereocenters. The van der Waals surface area contributed by atoms with Gasteiger partial charge in [0.25, 0.3) is 0 Å². The maximum atomic E-state index is 11.6. The van der Waals surface area contributed by atoms with Crippen LogP contribution in [0.15, 0.2) is 18.2 Å². The number of benzene rings is 1. The van der Waals surface area contributed by atoms with Gasteiger partial charge in [-0.25, -0.2) is 8.42 Å². The van der Waals surface area contributed by atoms with E-state index in [1.807, 2.05) is 0 Å². The Morgan fingerprint density at radius 2 is 2.00 bits per heavy atom. The second-order valence-electron chi connectivity index (χ2n) is 3.41. The Bertz CT molecular complexity index is 491. The predicted molar refractivity (Wildman–Crippen MR) is 60.2 cm³/mol. The van der Waals surface area contributed by atoms with Gasteiger partial charge in [0.2, 0.25) is 0 Å². The molecule has 1 rings (SSSR count). The summed E-state index contributed by atoms with van der Waals surface area (Å²) < 4.78 is 21.9. The Kier molecular flexibility index (Phi) is 3.52. The Morgan fingerprint density at radius 1 is 1.40 bits per heavy atom. The number of hydrogen-bond donors (Lipinski definition) is 0. The van der Waals surface area contributed by atoms with Crippen LogP contribution in [-0.4, -0.2) is 26.2 Å². The second-order valence-corrected chi connectivity index (χ2v) is 5.95. The minimum absolute atomic E-state index is 0.368. The lowest BCUT2D eigenvalue weighted by Gasteiger charge is -2.05. The van der Waals surface area contributed by atoms with Gasteiger partial charge in [0.15, 0.2) is 15.6 Å². The van der Waals surface area contributed by atoms with Crippen molar-refractivity contribution in [1.29, 1.82) is 0 Å². The molecule has 5 heteroatoms. The SMILES string of the molecule is Cc1c(Cl)cccc1C(=O)CS(C)(=O)=O. The van der Waals surface area contributed by atoms with Gasteiger partial charge in [0.05, 0.1) is 0 Å². The van der Waals surface area contributed by atoms with Crippen LogP contribution in [0.1, 0.15) is 15.9 Å². The van der Waals surface area contributed by atoms with Crippen molar-refractivity contribution in [3.63, 3.8) is 0 Å². The van der Waals surface area contributed by atoms with Gasteiger partial charge in [-0.1, -0.05) is 23.7 Å². The van der Waals surface area contributed by atoms with E-state index in [9.17, 15) is 13.2 Å². The van der Waals surface area contributed by atoms with E-state index >= 15 is 0 Å². The summed E-state index contributed by atoms with van der Waals surface area (Å²) in [6.45, 7) is 1.69. The van der Waals surface area contributed by atoms with Crippen LogP contribution in [0.2, 0.25) is 5.02 Å². The Hall–Kier alpha value is -0.870. The molecule has 0 N–H and O–H groups in total. The topological polar surface area (TPSA) is 51.2 Å². The summed E-state index contributed by atoms with van der Waals surface area (Å²) in [6, 6.07) is 4.87. The average Bonchev–Trinajstić information content (AvgIpc) is 2.06. The van der Waals surface area contributed by atoms with Gasteiger partial charge in [-0.05, 0) is 18.6 Å². The Balaban J connectivity index is 3.08. The highest BCUT2D eigenvalue weighted by Gasteiger charge is 2.15. The molecule has 0 fully saturated rings. The van der Waals surface area contributed by atoms with E-state index in [-0.39, 0.29) is 0 Å². The Morgan fingerprint density at radius 3 is 2.53 bits per heavy atom. The van der Waals surface area contributed by atoms with Crippen LogP contribution in [0.3, 0.4) is 0 Å². The molecule has 15 heavy (non-hydrogen) atoms. The van der Waals surface area contributed by atoms with Crippen molar-refractivity contribution in [3.8, 4) is 0 Å². The predicted octanol–water partition coefficient (Wildman–Crippen LogP) is 1.88. The number of hydrogen-bond acceptors (Lipinski definition) is 3. The van der Waals surface area contributed by atoms with Gasteiger partial charge in [-0.3, -0.25) is 4.79 Å². The first kappa shape index (κ1) is 12.2. The number of halogens is 1. The zero-order valence-corrected chi connectivity index (χ0v) is 10.0. The number of Topliss-reactive ketones (excluding diaryl/α,β-unsaturated/α-hetero) is 1. The summed E-state index contributed by atoms with van der Waals surface area (Å²) in [5.74, 6) is -0.897. The highest BCUT2D eigenvalue weighted by molar-refractivity contribution is 7.91. The van der Waals surface area contributed by atoms with Gasteiger partial charge >= 0.3 is 0 Å². The lowest BCUT2D eigenvalue weighted by atomic mass is 10.1. The summed E-state index contributed by atoms with van der Waals surface area (Å²) in [6.07, 6.45) is 1.03. The Labute approximate surface area is 94.0 Å². The van der Waals surface area contributed by atoms with Gasteiger partial charge in [-0.2, -0.15) is 0 Å². The highest BCUT2D eigenvalue weighted by Crippen LogP contribution is 2.19. The minimum atomic E-state index is -3.29. The van der Waals surface area contributed by atoms with Crippen molar-refractivity contribution in [2.75, 3.05) is 12.0 Å². The zero-order chi connectivity index (χ0) is 11.6. The van der Waals surface area contributed by atoms with Crippen molar-refractivity contribution < 1.29 is 13.2 Å². The maximum Gasteiger partial charge on any atom is 0.178 e. The molecule has 0 saturated heterocycles. The van der Waals surface area contributed by atoms with E-state index < -0.39 is 21.4 Å². The highest BCUT2D eigenvalue weighted by atomic mass is 35.5. The average molecular weight is 247 g/mol. The molecular weight excluding hydrogens is 236 g/mol. The quantitative estimate of drug-likeness (QED) is 0.766. The fourth-order valence-corrected chi connectivity index (χ4v) is 2.03. The monoisotopic (exact) mass is 246 g/mol. The molecule has 0 bridgehead atoms. The van der Waals surface area contributed by atoms with E-state index in [4.69, 9.17) is 11.6 Å². The van der Waals surface area contributed by atoms with E-state index in [1.54, 1.807) is 25.1 Å². The number of sulfone groups is 1. The van der Waals surface area contributed by atoms with E-state index in [1.165, 1.54) is 0 Å². The van der Waals surface area contributed by atoms with Gasteiger partial charge in [0.1, 0.15) is 5.75 Å². The van der Waals surface area contributed by atoms with Crippen molar-refractivity contribution >= 4 is 27.2 Å². The fourth-order valence-electron chi connectivity index (χ4n) is 1.23. The number of carbonyl (C=O) groups excluding carboxylic acids is 1. The van der Waals surface area contributed by atoms with Crippen molar-refractivity contribution in [3.05, 3.63) is 34.3 Å². The molecule has 1 aromatic carbocycles. The molecule has 0 spiro atoms. The van der Waals surface area contributed by atoms with Crippen LogP contribution in [0.5, 0.6) is 0 Å². The summed E-state index contributed by atoms with van der Waals surface area (Å²) in [5.41, 5.74) is 0.987. The second kappa shape index (κ2) is 4.33. The van der Waals surface area contributed by atoms with Crippen LogP contribution in [-0.2, 0) is 9.84 Å². The molecule has 0 heterocycles. The van der Waals surface area contributed by atoms with Crippen molar-refractivity contribution in [1.82, 2.24) is 0 Å². The van der Waals surface area contributed by atoms with Gasteiger partial charge < -0.3 is 0 Å². The van der Waals surface area contributed by atoms with E-state index in [0.717, 1.165) is 6.26 Å². The molecule has 0 aliphatic carbocycles. The molecule has 0 saturated carbocycles. The first-order valence-electron chi connectivity index (χ1n) is 4.27. The minimum Gasteiger partial charge on any atom is -0.293 e. The molecule has 82 valence electrons. The van der Waals surface area contributed by atoms with Crippen LogP contribution in [0, 0.1) is 6.92 Å². The molecule has 0 amide bonds. The van der Waals surface area contributed by atoms with E-state index in [0.29, 0.717) is 16.1 Å². The van der Waals surface area contributed by atoms with Crippen LogP contribution >= 0.6 is 11.6 Å². The van der Waals surface area contributed by atoms with Crippen LogP contribution in [0.25, 0.3) is 0 Å². The van der Waals surface area contributed by atoms with Crippen LogP contribution < -0.4 is 0 Å².